The van der Waals surface area contributed by atoms with Crippen LogP contribution in [-0.4, -0.2) is 9.55 Å². The molecule has 0 fully saturated rings. The first kappa shape index (κ1) is 16.3. The highest BCUT2D eigenvalue weighted by molar-refractivity contribution is 5.67. The zero-order chi connectivity index (χ0) is 17.9. The number of benzene rings is 2. The summed E-state index contributed by atoms with van der Waals surface area (Å²) >= 11 is 0. The highest BCUT2D eigenvalue weighted by Crippen LogP contribution is 2.30. The molecule has 0 amide bonds. The van der Waals surface area contributed by atoms with Crippen molar-refractivity contribution >= 4 is 11.3 Å². The average molecular weight is 343 g/mol. The molecule has 3 aromatic rings. The molecule has 0 saturated heterocycles. The lowest BCUT2D eigenvalue weighted by Crippen LogP contribution is -2.31. The topological polar surface area (TPSA) is 46.9 Å². The molecular weight excluding hydrogens is 322 g/mol. The van der Waals surface area contributed by atoms with E-state index in [2.05, 4.69) is 17.2 Å². The van der Waals surface area contributed by atoms with E-state index in [0.29, 0.717) is 5.56 Å². The molecule has 4 heteroatoms. The number of hydrogen-bond donors (Lipinski definition) is 1. The van der Waals surface area contributed by atoms with Crippen LogP contribution in [0.15, 0.2) is 77.9 Å². The summed E-state index contributed by atoms with van der Waals surface area (Å²) in [7, 11) is 0. The molecule has 26 heavy (non-hydrogen) atoms. The Balaban J connectivity index is 1.75. The molecule has 4 nitrogen and oxygen atoms in total. The summed E-state index contributed by atoms with van der Waals surface area (Å²) < 4.78 is 1.84. The van der Waals surface area contributed by atoms with Crippen molar-refractivity contribution in [1.82, 2.24) is 9.55 Å². The van der Waals surface area contributed by atoms with Gasteiger partial charge >= 0.3 is 0 Å². The molecule has 1 aliphatic rings. The first-order chi connectivity index (χ1) is 12.7. The number of aromatic nitrogens is 2. The lowest BCUT2D eigenvalue weighted by molar-refractivity contribution is 0.464. The molecule has 4 rings (SSSR count). The van der Waals surface area contributed by atoms with Gasteiger partial charge < -0.3 is 5.32 Å². The van der Waals surface area contributed by atoms with Crippen molar-refractivity contribution < 1.29 is 0 Å². The second-order valence-corrected chi connectivity index (χ2v) is 6.60. The van der Waals surface area contributed by atoms with Crippen molar-refractivity contribution in [2.75, 3.05) is 5.32 Å². The van der Waals surface area contributed by atoms with E-state index in [1.54, 1.807) is 6.20 Å². The Labute approximate surface area is 152 Å². The lowest BCUT2D eigenvalue weighted by Gasteiger charge is -2.26. The van der Waals surface area contributed by atoms with Crippen LogP contribution >= 0.6 is 0 Å². The highest BCUT2D eigenvalue weighted by atomic mass is 16.1. The molecule has 0 aliphatic carbocycles. The van der Waals surface area contributed by atoms with E-state index in [9.17, 15) is 4.79 Å². The predicted molar refractivity (Wildman–Crippen MR) is 106 cm³/mol. The van der Waals surface area contributed by atoms with Gasteiger partial charge in [-0.1, -0.05) is 48.5 Å². The summed E-state index contributed by atoms with van der Waals surface area (Å²) in [5.41, 5.74) is 3.67. The van der Waals surface area contributed by atoms with Crippen molar-refractivity contribution in [2.45, 2.75) is 25.8 Å². The number of para-hydroxylation sites is 1. The zero-order valence-corrected chi connectivity index (χ0v) is 14.7. The Morgan fingerprint density at radius 1 is 1.08 bits per heavy atom. The number of hydrogen-bond acceptors (Lipinski definition) is 3. The third-order valence-corrected chi connectivity index (χ3v) is 4.82. The van der Waals surface area contributed by atoms with E-state index in [1.165, 1.54) is 0 Å². The van der Waals surface area contributed by atoms with E-state index in [0.717, 1.165) is 35.5 Å². The van der Waals surface area contributed by atoms with Crippen LogP contribution in [0.4, 0.5) is 5.69 Å². The molecular formula is C22H21N3O. The van der Waals surface area contributed by atoms with Gasteiger partial charge in [0.05, 0.1) is 5.56 Å². The van der Waals surface area contributed by atoms with Gasteiger partial charge in [0.25, 0.3) is 5.56 Å². The molecule has 0 saturated carbocycles. The standard InChI is InChI=1S/C22H21N3O/c1-16-12-13-18(14-23-19-10-6-3-7-11-19)21-24-15-20(22(26)25(16)21)17-8-4-2-5-9-17/h2-11,14-16,23H,12-13H2,1H3/b18-14+. The fraction of sp³-hybridized carbons (Fsp3) is 0.182. The lowest BCUT2D eigenvalue weighted by atomic mass is 9.99. The quantitative estimate of drug-likeness (QED) is 0.748. The fourth-order valence-corrected chi connectivity index (χ4v) is 3.38. The molecule has 130 valence electrons. The second-order valence-electron chi connectivity index (χ2n) is 6.60. The normalized spacial score (nSPS) is 17.7. The molecule has 0 spiro atoms. The molecule has 1 aromatic heterocycles. The minimum Gasteiger partial charge on any atom is -0.361 e. The highest BCUT2D eigenvalue weighted by Gasteiger charge is 2.23. The maximum atomic E-state index is 13.1. The van der Waals surface area contributed by atoms with Gasteiger partial charge in [-0.25, -0.2) is 4.98 Å². The molecule has 1 N–H and O–H groups in total. The van der Waals surface area contributed by atoms with E-state index in [-0.39, 0.29) is 11.6 Å². The maximum Gasteiger partial charge on any atom is 0.261 e. The smallest absolute Gasteiger partial charge is 0.261 e. The van der Waals surface area contributed by atoms with Gasteiger partial charge in [0.2, 0.25) is 0 Å². The summed E-state index contributed by atoms with van der Waals surface area (Å²) in [4.78, 5) is 17.8. The van der Waals surface area contributed by atoms with Crippen molar-refractivity contribution in [3.05, 3.63) is 89.2 Å². The van der Waals surface area contributed by atoms with E-state index in [4.69, 9.17) is 0 Å². The van der Waals surface area contributed by atoms with E-state index in [1.807, 2.05) is 71.4 Å². The average Bonchev–Trinajstić information content (AvgIpc) is 2.69. The Hall–Kier alpha value is -3.14. The van der Waals surface area contributed by atoms with Crippen LogP contribution in [0.3, 0.4) is 0 Å². The SMILES string of the molecule is CC1CC/C(=C\Nc2ccccc2)c2ncc(-c3ccccc3)c(=O)n21. The van der Waals surface area contributed by atoms with Gasteiger partial charge in [0.15, 0.2) is 0 Å². The van der Waals surface area contributed by atoms with Gasteiger partial charge in [0, 0.05) is 29.7 Å². The molecule has 1 unspecified atom stereocenters. The summed E-state index contributed by atoms with van der Waals surface area (Å²) in [5, 5.41) is 3.32. The number of anilines is 1. The summed E-state index contributed by atoms with van der Waals surface area (Å²) in [6.45, 7) is 2.09. The Kier molecular flexibility index (Phi) is 4.40. The minimum atomic E-state index is 0.0269. The van der Waals surface area contributed by atoms with Crippen LogP contribution in [0.25, 0.3) is 16.7 Å². The Morgan fingerprint density at radius 2 is 1.77 bits per heavy atom. The Morgan fingerprint density at radius 3 is 2.50 bits per heavy atom. The molecule has 2 aromatic carbocycles. The fourth-order valence-electron chi connectivity index (χ4n) is 3.38. The number of allylic oxidation sites excluding steroid dienone is 1. The summed E-state index contributed by atoms with van der Waals surface area (Å²) in [5.74, 6) is 0.761. The van der Waals surface area contributed by atoms with Crippen molar-refractivity contribution in [2.24, 2.45) is 0 Å². The van der Waals surface area contributed by atoms with Crippen LogP contribution < -0.4 is 10.9 Å². The molecule has 1 atom stereocenters. The largest absolute Gasteiger partial charge is 0.361 e. The van der Waals surface area contributed by atoms with Gasteiger partial charge in [-0.15, -0.1) is 0 Å². The zero-order valence-electron chi connectivity index (χ0n) is 14.7. The van der Waals surface area contributed by atoms with Crippen molar-refractivity contribution in [1.29, 1.82) is 0 Å². The van der Waals surface area contributed by atoms with Crippen LogP contribution in [0, 0.1) is 0 Å². The van der Waals surface area contributed by atoms with Crippen molar-refractivity contribution in [3.8, 4) is 11.1 Å². The minimum absolute atomic E-state index is 0.0269. The van der Waals surface area contributed by atoms with Gasteiger partial charge in [-0.05, 0) is 37.5 Å². The van der Waals surface area contributed by atoms with Crippen molar-refractivity contribution in [3.63, 3.8) is 0 Å². The number of fused-ring (bicyclic) bond motifs is 1. The maximum absolute atomic E-state index is 13.1. The third-order valence-electron chi connectivity index (χ3n) is 4.82. The van der Waals surface area contributed by atoms with Gasteiger partial charge in [-0.2, -0.15) is 0 Å². The molecule has 1 aliphatic heterocycles. The van der Waals surface area contributed by atoms with Crippen LogP contribution in [0.5, 0.6) is 0 Å². The number of nitrogens with one attached hydrogen (secondary N) is 1. The Bertz CT molecular complexity index is 991. The molecule has 0 radical (unpaired) electrons. The van der Waals surface area contributed by atoms with Crippen LogP contribution in [0.2, 0.25) is 0 Å². The first-order valence-corrected chi connectivity index (χ1v) is 8.92. The monoisotopic (exact) mass is 343 g/mol. The van der Waals surface area contributed by atoms with Crippen LogP contribution in [-0.2, 0) is 0 Å². The number of nitrogens with zero attached hydrogens (tertiary/aromatic N) is 2. The van der Waals surface area contributed by atoms with Gasteiger partial charge in [0.1, 0.15) is 5.82 Å². The van der Waals surface area contributed by atoms with E-state index >= 15 is 0 Å². The third kappa shape index (κ3) is 3.06. The number of rotatable bonds is 3. The van der Waals surface area contributed by atoms with Crippen LogP contribution in [0.1, 0.15) is 31.6 Å². The summed E-state index contributed by atoms with van der Waals surface area (Å²) in [6.07, 6.45) is 5.51. The summed E-state index contributed by atoms with van der Waals surface area (Å²) in [6, 6.07) is 19.9. The first-order valence-electron chi connectivity index (χ1n) is 8.92. The van der Waals surface area contributed by atoms with Gasteiger partial charge in [-0.3, -0.25) is 9.36 Å². The molecule has 0 bridgehead atoms. The predicted octanol–water partition coefficient (Wildman–Crippen LogP) is 4.72. The molecule has 2 heterocycles. The van der Waals surface area contributed by atoms with E-state index < -0.39 is 0 Å². The second kappa shape index (κ2) is 7.00.